The molecular formula is C26H43NO3. The molecule has 1 aromatic rings. The summed E-state index contributed by atoms with van der Waals surface area (Å²) >= 11 is 0. The molecule has 170 valence electrons. The van der Waals surface area contributed by atoms with Gasteiger partial charge in [0.2, 0.25) is 0 Å². The van der Waals surface area contributed by atoms with Crippen LogP contribution in [0.1, 0.15) is 82.6 Å². The summed E-state index contributed by atoms with van der Waals surface area (Å²) in [5.74, 6) is 0.981. The van der Waals surface area contributed by atoms with Crippen LogP contribution >= 0.6 is 0 Å². The van der Waals surface area contributed by atoms with Crippen molar-refractivity contribution in [3.63, 3.8) is 0 Å². The molecule has 1 aromatic carbocycles. The van der Waals surface area contributed by atoms with Crippen LogP contribution in [0.2, 0.25) is 0 Å². The number of esters is 1. The van der Waals surface area contributed by atoms with Gasteiger partial charge in [-0.2, -0.15) is 0 Å². The van der Waals surface area contributed by atoms with Gasteiger partial charge >= 0.3 is 5.97 Å². The van der Waals surface area contributed by atoms with E-state index in [2.05, 4.69) is 51.3 Å². The van der Waals surface area contributed by atoms with Gasteiger partial charge in [-0.3, -0.25) is 0 Å². The van der Waals surface area contributed by atoms with Crippen molar-refractivity contribution in [3.8, 4) is 5.75 Å². The Labute approximate surface area is 184 Å². The van der Waals surface area contributed by atoms with E-state index < -0.39 is 0 Å². The van der Waals surface area contributed by atoms with Gasteiger partial charge < -0.3 is 14.8 Å². The summed E-state index contributed by atoms with van der Waals surface area (Å²) in [6, 6.07) is 5.39. The zero-order valence-electron chi connectivity index (χ0n) is 20.5. The van der Waals surface area contributed by atoms with Crippen molar-refractivity contribution in [1.82, 2.24) is 5.32 Å². The Morgan fingerprint density at radius 2 is 1.97 bits per heavy atom. The van der Waals surface area contributed by atoms with Crippen LogP contribution < -0.4 is 10.1 Å². The first-order chi connectivity index (χ1) is 14.1. The topological polar surface area (TPSA) is 47.6 Å². The number of hydrogen-bond donors (Lipinski definition) is 1. The Morgan fingerprint density at radius 1 is 1.30 bits per heavy atom. The fourth-order valence-corrected chi connectivity index (χ4v) is 4.82. The Morgan fingerprint density at radius 3 is 2.43 bits per heavy atom. The lowest BCUT2D eigenvalue weighted by atomic mass is 9.54. The molecule has 2 rings (SSSR count). The Bertz CT molecular complexity index is 710. The third-order valence-electron chi connectivity index (χ3n) is 7.01. The molecule has 2 unspecified atom stereocenters. The molecule has 4 heteroatoms. The lowest BCUT2D eigenvalue weighted by molar-refractivity contribution is 0.0170. The zero-order chi connectivity index (χ0) is 22.9. The summed E-state index contributed by atoms with van der Waals surface area (Å²) in [5, 5.41) is 3.03. The molecule has 0 spiro atoms. The van der Waals surface area contributed by atoms with Crippen molar-refractivity contribution in [2.24, 2.45) is 16.7 Å². The zero-order valence-corrected chi connectivity index (χ0v) is 20.5. The van der Waals surface area contributed by atoms with Gasteiger partial charge in [-0.25, -0.2) is 4.79 Å². The Hall–Kier alpha value is -1.81. The summed E-state index contributed by atoms with van der Waals surface area (Å²) in [6.45, 7) is 17.0. The SMILES string of the molecule is C=C1CC(C)CC(CC)(C(C)(C)CC)C1.CNCc1ccc(C(=O)OC)c(OC)c1. The maximum absolute atomic E-state index is 11.3. The lowest BCUT2D eigenvalue weighted by Crippen LogP contribution is -2.41. The summed E-state index contributed by atoms with van der Waals surface area (Å²) in [7, 11) is 4.74. The predicted octanol–water partition coefficient (Wildman–Crippen LogP) is 6.40. The van der Waals surface area contributed by atoms with E-state index in [4.69, 9.17) is 4.74 Å². The summed E-state index contributed by atoms with van der Waals surface area (Å²) in [5.41, 5.74) is 3.95. The summed E-state index contributed by atoms with van der Waals surface area (Å²) in [4.78, 5) is 11.3. The molecular weight excluding hydrogens is 374 g/mol. The third-order valence-corrected chi connectivity index (χ3v) is 7.01. The molecule has 0 amide bonds. The van der Waals surface area contributed by atoms with Gasteiger partial charge in [-0.15, -0.1) is 0 Å². The molecule has 0 saturated heterocycles. The average molecular weight is 418 g/mol. The van der Waals surface area contributed by atoms with Crippen LogP contribution in [0.25, 0.3) is 0 Å². The smallest absolute Gasteiger partial charge is 0.341 e. The van der Waals surface area contributed by atoms with Gasteiger partial charge in [-0.1, -0.05) is 59.3 Å². The molecule has 4 nitrogen and oxygen atoms in total. The standard InChI is InChI=1S/C15H28.C11H15NO3/c1-7-14(5,6)15(8-2)10-12(3)9-13(4)11-15;1-12-7-8-4-5-9(11(13)15-3)10(6-8)14-2/h13H,3,7-11H2,1-2,4-6H3;4-6,12H,7H2,1-3H3. The molecule has 1 saturated carbocycles. The normalized spacial score (nSPS) is 21.5. The van der Waals surface area contributed by atoms with Crippen LogP contribution in [0.15, 0.2) is 30.4 Å². The number of carbonyl (C=O) groups excluding carboxylic acids is 1. The minimum absolute atomic E-state index is 0.386. The van der Waals surface area contributed by atoms with E-state index in [0.717, 1.165) is 18.0 Å². The van der Waals surface area contributed by atoms with Crippen molar-refractivity contribution in [2.75, 3.05) is 21.3 Å². The van der Waals surface area contributed by atoms with Crippen LogP contribution in [-0.2, 0) is 11.3 Å². The minimum Gasteiger partial charge on any atom is -0.496 e. The maximum atomic E-state index is 11.3. The van der Waals surface area contributed by atoms with E-state index in [1.54, 1.807) is 6.07 Å². The maximum Gasteiger partial charge on any atom is 0.341 e. The first-order valence-electron chi connectivity index (χ1n) is 11.2. The highest BCUT2D eigenvalue weighted by atomic mass is 16.5. The molecule has 0 bridgehead atoms. The molecule has 1 aliphatic carbocycles. The predicted molar refractivity (Wildman–Crippen MR) is 126 cm³/mol. The van der Waals surface area contributed by atoms with Crippen LogP contribution in [0.3, 0.4) is 0 Å². The van der Waals surface area contributed by atoms with Crippen LogP contribution in [0, 0.1) is 16.7 Å². The van der Waals surface area contributed by atoms with E-state index in [1.807, 2.05) is 19.2 Å². The minimum atomic E-state index is -0.386. The third kappa shape index (κ3) is 6.34. The molecule has 30 heavy (non-hydrogen) atoms. The number of methoxy groups -OCH3 is 2. The molecule has 0 heterocycles. The van der Waals surface area contributed by atoms with Gasteiger partial charge in [-0.05, 0) is 67.2 Å². The molecule has 2 atom stereocenters. The van der Waals surface area contributed by atoms with Crippen molar-refractivity contribution >= 4 is 5.97 Å². The Balaban J connectivity index is 0.000000300. The second-order valence-electron chi connectivity index (χ2n) is 9.37. The number of rotatable bonds is 7. The molecule has 1 fully saturated rings. The number of nitrogens with one attached hydrogen (secondary N) is 1. The molecule has 0 aliphatic heterocycles. The number of carbonyl (C=O) groups is 1. The number of hydrogen-bond acceptors (Lipinski definition) is 4. The summed E-state index contributed by atoms with van der Waals surface area (Å²) in [6.07, 6.45) is 6.48. The van der Waals surface area contributed by atoms with Crippen molar-refractivity contribution < 1.29 is 14.3 Å². The largest absolute Gasteiger partial charge is 0.496 e. The van der Waals surface area contributed by atoms with E-state index in [0.29, 0.717) is 22.1 Å². The highest BCUT2D eigenvalue weighted by molar-refractivity contribution is 5.92. The van der Waals surface area contributed by atoms with E-state index >= 15 is 0 Å². The second-order valence-corrected chi connectivity index (χ2v) is 9.37. The van der Waals surface area contributed by atoms with E-state index in [-0.39, 0.29) is 5.97 Å². The van der Waals surface area contributed by atoms with E-state index in [1.165, 1.54) is 51.9 Å². The monoisotopic (exact) mass is 417 g/mol. The Kier molecular flexibility index (Phi) is 10.1. The van der Waals surface area contributed by atoms with Crippen LogP contribution in [0.4, 0.5) is 0 Å². The highest BCUT2D eigenvalue weighted by Crippen LogP contribution is 2.55. The van der Waals surface area contributed by atoms with Crippen molar-refractivity contribution in [3.05, 3.63) is 41.5 Å². The molecule has 1 N–H and O–H groups in total. The fourth-order valence-electron chi connectivity index (χ4n) is 4.82. The number of benzene rings is 1. The molecule has 0 radical (unpaired) electrons. The molecule has 0 aromatic heterocycles. The first-order valence-corrected chi connectivity index (χ1v) is 11.2. The second kappa shape index (κ2) is 11.5. The first kappa shape index (κ1) is 26.2. The quantitative estimate of drug-likeness (QED) is 0.412. The van der Waals surface area contributed by atoms with Gasteiger partial charge in [0.15, 0.2) is 0 Å². The van der Waals surface area contributed by atoms with E-state index in [9.17, 15) is 4.79 Å². The van der Waals surface area contributed by atoms with Gasteiger partial charge in [0.1, 0.15) is 11.3 Å². The molecule has 1 aliphatic rings. The highest BCUT2D eigenvalue weighted by Gasteiger charge is 2.45. The van der Waals surface area contributed by atoms with Crippen LogP contribution in [0.5, 0.6) is 5.75 Å². The van der Waals surface area contributed by atoms with Gasteiger partial charge in [0.05, 0.1) is 14.2 Å². The summed E-state index contributed by atoms with van der Waals surface area (Å²) < 4.78 is 9.77. The fraction of sp³-hybridized carbons (Fsp3) is 0.654. The lowest BCUT2D eigenvalue weighted by Gasteiger charge is -2.51. The van der Waals surface area contributed by atoms with Gasteiger partial charge in [0, 0.05) is 6.54 Å². The van der Waals surface area contributed by atoms with Crippen molar-refractivity contribution in [2.45, 2.75) is 73.3 Å². The van der Waals surface area contributed by atoms with Crippen molar-refractivity contribution in [1.29, 1.82) is 0 Å². The number of allylic oxidation sites excluding steroid dienone is 1. The van der Waals surface area contributed by atoms with Crippen LogP contribution in [-0.4, -0.2) is 27.2 Å². The van der Waals surface area contributed by atoms with Gasteiger partial charge in [0.25, 0.3) is 0 Å². The average Bonchev–Trinajstić information content (AvgIpc) is 2.72. The number of ether oxygens (including phenoxy) is 2.